The second-order valence-corrected chi connectivity index (χ2v) is 4.24. The molecule has 0 atom stereocenters. The molecule has 0 aromatic heterocycles. The molecule has 2 rings (SSSR count). The van der Waals surface area contributed by atoms with Gasteiger partial charge in [-0.2, -0.15) is 0 Å². The summed E-state index contributed by atoms with van der Waals surface area (Å²) in [7, 11) is 1.56. The third-order valence-corrected chi connectivity index (χ3v) is 2.82. The molecule has 0 spiro atoms. The molecule has 0 bridgehead atoms. The van der Waals surface area contributed by atoms with Gasteiger partial charge in [0.15, 0.2) is 11.5 Å². The van der Waals surface area contributed by atoms with Gasteiger partial charge in [-0.05, 0) is 37.3 Å². The number of hydrogen-bond donors (Lipinski definition) is 2. The Bertz CT molecular complexity index is 600. The molecule has 0 fully saturated rings. The second-order valence-electron chi connectivity index (χ2n) is 4.24. The number of hydrogen-bond acceptors (Lipinski definition) is 4. The summed E-state index contributed by atoms with van der Waals surface area (Å²) in [5.41, 5.74) is 6.79. The topological polar surface area (TPSA) is 59.6 Å². The molecule has 0 aliphatic carbocycles. The van der Waals surface area contributed by atoms with E-state index in [0.29, 0.717) is 23.7 Å². The lowest BCUT2D eigenvalue weighted by Crippen LogP contribution is -2.29. The molecule has 2 N–H and O–H groups in total. The first kappa shape index (κ1) is 14.7. The van der Waals surface area contributed by atoms with Gasteiger partial charge in [-0.15, -0.1) is 0 Å². The van der Waals surface area contributed by atoms with Gasteiger partial charge in [-0.3, -0.25) is 15.6 Å². The minimum Gasteiger partial charge on any atom is -0.493 e. The smallest absolute Gasteiger partial charge is 0.269 e. The molecule has 0 aliphatic rings. The van der Waals surface area contributed by atoms with Crippen molar-refractivity contribution in [3.05, 3.63) is 54.1 Å². The predicted molar refractivity (Wildman–Crippen MR) is 81.7 cm³/mol. The number of nitrogens with one attached hydrogen (secondary N) is 2. The van der Waals surface area contributed by atoms with Crippen LogP contribution in [0.2, 0.25) is 0 Å². The first-order valence-electron chi connectivity index (χ1n) is 6.67. The maximum Gasteiger partial charge on any atom is 0.269 e. The van der Waals surface area contributed by atoms with Gasteiger partial charge in [0.25, 0.3) is 5.91 Å². The zero-order chi connectivity index (χ0) is 15.1. The van der Waals surface area contributed by atoms with Gasteiger partial charge >= 0.3 is 0 Å². The molecule has 5 heteroatoms. The summed E-state index contributed by atoms with van der Waals surface area (Å²) in [6.45, 7) is 2.38. The molecule has 0 saturated heterocycles. The summed E-state index contributed by atoms with van der Waals surface area (Å²) in [6.07, 6.45) is 0. The van der Waals surface area contributed by atoms with Crippen molar-refractivity contribution in [3.63, 3.8) is 0 Å². The van der Waals surface area contributed by atoms with Gasteiger partial charge < -0.3 is 9.47 Å². The quantitative estimate of drug-likeness (QED) is 0.802. The Morgan fingerprint density at radius 2 is 1.86 bits per heavy atom. The van der Waals surface area contributed by atoms with E-state index < -0.39 is 0 Å². The highest BCUT2D eigenvalue weighted by Gasteiger charge is 2.10. The van der Waals surface area contributed by atoms with E-state index in [4.69, 9.17) is 9.47 Å². The molecule has 1 amide bonds. The molecular formula is C16H18N2O3. The minimum atomic E-state index is -0.248. The summed E-state index contributed by atoms with van der Waals surface area (Å²) in [6, 6.07) is 14.4. The Hall–Kier alpha value is -2.69. The number of amides is 1. The van der Waals surface area contributed by atoms with Crippen LogP contribution >= 0.6 is 0 Å². The number of carbonyl (C=O) groups is 1. The van der Waals surface area contributed by atoms with Crippen LogP contribution in [0.25, 0.3) is 0 Å². The average Bonchev–Trinajstić information content (AvgIpc) is 2.54. The van der Waals surface area contributed by atoms with Gasteiger partial charge in [-0.1, -0.05) is 18.2 Å². The number of hydrazine groups is 1. The molecule has 0 saturated carbocycles. The van der Waals surface area contributed by atoms with Crippen LogP contribution in [0.3, 0.4) is 0 Å². The lowest BCUT2D eigenvalue weighted by Gasteiger charge is -2.12. The fourth-order valence-electron chi connectivity index (χ4n) is 1.81. The Kier molecular flexibility index (Phi) is 5.04. The third kappa shape index (κ3) is 3.89. The maximum atomic E-state index is 12.1. The number of anilines is 1. The van der Waals surface area contributed by atoms with Crippen LogP contribution < -0.4 is 20.3 Å². The lowest BCUT2D eigenvalue weighted by atomic mass is 10.2. The fourth-order valence-corrected chi connectivity index (χ4v) is 1.81. The number of methoxy groups -OCH3 is 1. The summed E-state index contributed by atoms with van der Waals surface area (Å²) in [4.78, 5) is 12.1. The van der Waals surface area contributed by atoms with Gasteiger partial charge in [0, 0.05) is 5.56 Å². The van der Waals surface area contributed by atoms with E-state index in [9.17, 15) is 4.79 Å². The highest BCUT2D eigenvalue weighted by molar-refractivity contribution is 5.95. The van der Waals surface area contributed by atoms with E-state index in [-0.39, 0.29) is 5.91 Å². The van der Waals surface area contributed by atoms with Crippen molar-refractivity contribution in [2.24, 2.45) is 0 Å². The van der Waals surface area contributed by atoms with E-state index in [2.05, 4.69) is 10.9 Å². The molecule has 110 valence electrons. The van der Waals surface area contributed by atoms with Crippen molar-refractivity contribution in [1.29, 1.82) is 0 Å². The highest BCUT2D eigenvalue weighted by Crippen LogP contribution is 2.27. The van der Waals surface area contributed by atoms with Gasteiger partial charge in [0.05, 0.1) is 19.4 Å². The Morgan fingerprint density at radius 1 is 1.10 bits per heavy atom. The molecule has 21 heavy (non-hydrogen) atoms. The normalized spacial score (nSPS) is 9.81. The third-order valence-electron chi connectivity index (χ3n) is 2.82. The number of para-hydroxylation sites is 1. The van der Waals surface area contributed by atoms with Crippen molar-refractivity contribution in [2.45, 2.75) is 6.92 Å². The molecule has 5 nitrogen and oxygen atoms in total. The van der Waals surface area contributed by atoms with Crippen LogP contribution in [0.5, 0.6) is 11.5 Å². The van der Waals surface area contributed by atoms with Crippen molar-refractivity contribution < 1.29 is 14.3 Å². The number of benzene rings is 2. The lowest BCUT2D eigenvalue weighted by molar-refractivity contribution is 0.0962. The van der Waals surface area contributed by atoms with Crippen molar-refractivity contribution >= 4 is 11.6 Å². The van der Waals surface area contributed by atoms with Crippen LogP contribution in [-0.2, 0) is 0 Å². The van der Waals surface area contributed by atoms with E-state index in [1.165, 1.54) is 0 Å². The van der Waals surface area contributed by atoms with Crippen LogP contribution in [-0.4, -0.2) is 19.6 Å². The van der Waals surface area contributed by atoms with E-state index >= 15 is 0 Å². The fraction of sp³-hybridized carbons (Fsp3) is 0.188. The first-order valence-corrected chi connectivity index (χ1v) is 6.67. The standard InChI is InChI=1S/C16H18N2O3/c1-3-21-15-11-12(9-10-14(15)20-2)16(19)18-17-13-7-5-4-6-8-13/h4-11,17H,3H2,1-2H3,(H,18,19). The Balaban J connectivity index is 2.06. The molecule has 0 radical (unpaired) electrons. The molecule has 0 heterocycles. The minimum absolute atomic E-state index is 0.248. The van der Waals surface area contributed by atoms with Gasteiger partial charge in [0.2, 0.25) is 0 Å². The molecule has 0 unspecified atom stereocenters. The summed E-state index contributed by atoms with van der Waals surface area (Å²) < 4.78 is 10.6. The number of carbonyl (C=O) groups excluding carboxylic acids is 1. The zero-order valence-corrected chi connectivity index (χ0v) is 12.1. The summed E-state index contributed by atoms with van der Waals surface area (Å²) >= 11 is 0. The van der Waals surface area contributed by atoms with E-state index in [1.807, 2.05) is 37.3 Å². The van der Waals surface area contributed by atoms with E-state index in [1.54, 1.807) is 25.3 Å². The van der Waals surface area contributed by atoms with Crippen LogP contribution in [0, 0.1) is 0 Å². The second kappa shape index (κ2) is 7.19. The largest absolute Gasteiger partial charge is 0.493 e. The van der Waals surface area contributed by atoms with Crippen LogP contribution in [0.15, 0.2) is 48.5 Å². The average molecular weight is 286 g/mol. The van der Waals surface area contributed by atoms with Gasteiger partial charge in [-0.25, -0.2) is 0 Å². The van der Waals surface area contributed by atoms with Crippen molar-refractivity contribution in [3.8, 4) is 11.5 Å². The van der Waals surface area contributed by atoms with E-state index in [0.717, 1.165) is 5.69 Å². The summed E-state index contributed by atoms with van der Waals surface area (Å²) in [5, 5.41) is 0. The monoisotopic (exact) mass is 286 g/mol. The SMILES string of the molecule is CCOc1cc(C(=O)NNc2ccccc2)ccc1OC. The molecule has 2 aromatic rings. The van der Waals surface area contributed by atoms with Crippen LogP contribution in [0.1, 0.15) is 17.3 Å². The molecule has 0 aliphatic heterocycles. The zero-order valence-electron chi connectivity index (χ0n) is 12.1. The van der Waals surface area contributed by atoms with Crippen molar-refractivity contribution in [1.82, 2.24) is 5.43 Å². The Morgan fingerprint density at radius 3 is 2.52 bits per heavy atom. The molecule has 2 aromatic carbocycles. The van der Waals surface area contributed by atoms with Gasteiger partial charge in [0.1, 0.15) is 0 Å². The Labute approximate surface area is 123 Å². The first-order chi connectivity index (χ1) is 10.2. The summed E-state index contributed by atoms with van der Waals surface area (Å²) in [5.74, 6) is 0.902. The van der Waals surface area contributed by atoms with Crippen LogP contribution in [0.4, 0.5) is 5.69 Å². The highest BCUT2D eigenvalue weighted by atomic mass is 16.5. The number of ether oxygens (including phenoxy) is 2. The maximum absolute atomic E-state index is 12.1. The predicted octanol–water partition coefficient (Wildman–Crippen LogP) is 2.85. The molecular weight excluding hydrogens is 268 g/mol. The number of rotatable bonds is 6. The van der Waals surface area contributed by atoms with Crippen molar-refractivity contribution in [2.75, 3.05) is 19.1 Å².